The molecule has 152 valence electrons. The normalized spacial score (nSPS) is 15.9. The summed E-state index contributed by atoms with van der Waals surface area (Å²) >= 11 is 0. The number of piperidine rings is 1. The van der Waals surface area contributed by atoms with Gasteiger partial charge in [-0.15, -0.1) is 0 Å². The fourth-order valence-corrected chi connectivity index (χ4v) is 3.83. The highest BCUT2D eigenvalue weighted by molar-refractivity contribution is 5.88. The summed E-state index contributed by atoms with van der Waals surface area (Å²) in [6.45, 7) is 3.00. The largest absolute Gasteiger partial charge is 0.383 e. The van der Waals surface area contributed by atoms with E-state index in [9.17, 15) is 0 Å². The fourth-order valence-electron chi connectivity index (χ4n) is 3.83. The van der Waals surface area contributed by atoms with Crippen molar-refractivity contribution >= 4 is 22.8 Å². The maximum atomic E-state index is 6.22. The predicted octanol–water partition coefficient (Wildman–Crippen LogP) is 2.84. The Balaban J connectivity index is 1.67. The van der Waals surface area contributed by atoms with Crippen molar-refractivity contribution in [3.8, 4) is 11.3 Å². The van der Waals surface area contributed by atoms with E-state index in [-0.39, 0.29) is 0 Å². The minimum atomic E-state index is 0.368. The summed E-state index contributed by atoms with van der Waals surface area (Å²) in [5, 5.41) is 4.24. The van der Waals surface area contributed by atoms with Crippen molar-refractivity contribution in [3.63, 3.8) is 0 Å². The van der Waals surface area contributed by atoms with Crippen LogP contribution in [-0.4, -0.2) is 65.0 Å². The highest BCUT2D eigenvalue weighted by atomic mass is 15.2. The van der Waals surface area contributed by atoms with Crippen LogP contribution in [0.3, 0.4) is 0 Å². The first kappa shape index (κ1) is 19.5. The third kappa shape index (κ3) is 4.46. The lowest BCUT2D eigenvalue weighted by molar-refractivity contribution is 0.263. The Kier molecular flexibility index (Phi) is 5.60. The van der Waals surface area contributed by atoms with E-state index in [2.05, 4.69) is 64.4 Å². The molecule has 0 aliphatic carbocycles. The topological polar surface area (TPSA) is 83.2 Å². The molecule has 3 heterocycles. The fraction of sp³-hybridized carbons (Fsp3) is 0.409. The highest BCUT2D eigenvalue weighted by Gasteiger charge is 2.18. The molecule has 29 heavy (non-hydrogen) atoms. The second-order valence-corrected chi connectivity index (χ2v) is 8.12. The number of aromatic nitrogens is 3. The first-order valence-electron chi connectivity index (χ1n) is 10.1. The van der Waals surface area contributed by atoms with Crippen LogP contribution in [0.1, 0.15) is 18.4 Å². The highest BCUT2D eigenvalue weighted by Crippen LogP contribution is 2.27. The van der Waals surface area contributed by atoms with Crippen LogP contribution in [-0.2, 0) is 6.54 Å². The van der Waals surface area contributed by atoms with Crippen LogP contribution in [0.15, 0.2) is 36.4 Å². The number of anilines is 2. The lowest BCUT2D eigenvalue weighted by Crippen LogP contribution is -2.37. The van der Waals surface area contributed by atoms with Gasteiger partial charge in [-0.25, -0.2) is 4.98 Å². The predicted molar refractivity (Wildman–Crippen MR) is 119 cm³/mol. The van der Waals surface area contributed by atoms with Crippen molar-refractivity contribution in [3.05, 3.63) is 42.0 Å². The Labute approximate surface area is 172 Å². The maximum Gasteiger partial charge on any atom is 0.226 e. The number of benzene rings is 1. The zero-order valence-corrected chi connectivity index (χ0v) is 17.4. The van der Waals surface area contributed by atoms with E-state index in [1.807, 2.05) is 18.2 Å². The van der Waals surface area contributed by atoms with Crippen molar-refractivity contribution in [1.29, 1.82) is 0 Å². The maximum absolute atomic E-state index is 6.22. The molecule has 0 radical (unpaired) electrons. The van der Waals surface area contributed by atoms with Gasteiger partial charge >= 0.3 is 0 Å². The van der Waals surface area contributed by atoms with E-state index in [4.69, 9.17) is 10.7 Å². The molecule has 0 atom stereocenters. The van der Waals surface area contributed by atoms with Crippen LogP contribution in [0, 0.1) is 0 Å². The molecular formula is C22H29N7. The van der Waals surface area contributed by atoms with E-state index < -0.39 is 0 Å². The number of nitrogen functional groups attached to an aromatic ring is 1. The van der Waals surface area contributed by atoms with Crippen LogP contribution in [0.4, 0.5) is 11.8 Å². The summed E-state index contributed by atoms with van der Waals surface area (Å²) in [6.07, 6.45) is 2.15. The van der Waals surface area contributed by atoms with Crippen molar-refractivity contribution in [2.24, 2.45) is 0 Å². The number of nitrogens with zero attached hydrogens (tertiary/aromatic N) is 5. The number of likely N-dealkylation sites (tertiary alicyclic amines) is 1. The lowest BCUT2D eigenvalue weighted by atomic mass is 10.0. The van der Waals surface area contributed by atoms with Gasteiger partial charge < -0.3 is 20.9 Å². The van der Waals surface area contributed by atoms with Crippen LogP contribution in [0.2, 0.25) is 0 Å². The summed E-state index contributed by atoms with van der Waals surface area (Å²) in [6, 6.07) is 12.7. The Morgan fingerprint density at radius 1 is 1.07 bits per heavy atom. The third-order valence-electron chi connectivity index (χ3n) is 5.42. The molecule has 0 saturated carbocycles. The molecule has 1 aromatic carbocycles. The van der Waals surface area contributed by atoms with Gasteiger partial charge in [0, 0.05) is 18.2 Å². The number of rotatable bonds is 5. The molecule has 7 heteroatoms. The molecule has 1 aliphatic rings. The molecule has 1 aliphatic heterocycles. The average Bonchev–Trinajstić information content (AvgIpc) is 2.69. The van der Waals surface area contributed by atoms with Crippen molar-refractivity contribution in [1.82, 2.24) is 24.8 Å². The zero-order valence-electron chi connectivity index (χ0n) is 17.4. The van der Waals surface area contributed by atoms with Gasteiger partial charge in [-0.1, -0.05) is 24.3 Å². The van der Waals surface area contributed by atoms with Crippen LogP contribution < -0.4 is 11.1 Å². The minimum absolute atomic E-state index is 0.368. The van der Waals surface area contributed by atoms with Gasteiger partial charge in [0.25, 0.3) is 0 Å². The number of nitrogens with two attached hydrogens (primary N) is 1. The van der Waals surface area contributed by atoms with Crippen LogP contribution >= 0.6 is 0 Å². The second-order valence-electron chi connectivity index (χ2n) is 8.12. The van der Waals surface area contributed by atoms with Crippen molar-refractivity contribution in [2.75, 3.05) is 45.3 Å². The molecule has 0 unspecified atom stereocenters. The number of fused-ring (bicyclic) bond motifs is 1. The van der Waals surface area contributed by atoms with Gasteiger partial charge in [0.1, 0.15) is 5.82 Å². The Bertz CT molecular complexity index is 994. The van der Waals surface area contributed by atoms with E-state index in [1.54, 1.807) is 0 Å². The molecule has 4 rings (SSSR count). The summed E-state index contributed by atoms with van der Waals surface area (Å²) in [7, 11) is 6.29. The standard InChI is InChI=1S/C22H29N7/c1-28(2)14-15-6-4-5-7-17(15)19-9-8-18-20(23)26-22(27-21(18)25-19)24-16-10-12-29(3)13-11-16/h4-9,16H,10-14H2,1-3H3,(H3,23,24,25,26,27). The van der Waals surface area contributed by atoms with Gasteiger partial charge in [-0.2, -0.15) is 9.97 Å². The smallest absolute Gasteiger partial charge is 0.226 e. The molecule has 3 aromatic rings. The quantitative estimate of drug-likeness (QED) is 0.692. The minimum Gasteiger partial charge on any atom is -0.383 e. The molecule has 3 N–H and O–H groups in total. The van der Waals surface area contributed by atoms with Crippen molar-refractivity contribution < 1.29 is 0 Å². The number of nitrogens with one attached hydrogen (secondary N) is 1. The first-order chi connectivity index (χ1) is 14.0. The van der Waals surface area contributed by atoms with Gasteiger partial charge in [0.05, 0.1) is 11.1 Å². The third-order valence-corrected chi connectivity index (χ3v) is 5.42. The average molecular weight is 392 g/mol. The summed E-state index contributed by atoms with van der Waals surface area (Å²) in [5.41, 5.74) is 10.1. The van der Waals surface area contributed by atoms with Gasteiger partial charge in [-0.3, -0.25) is 0 Å². The molecule has 0 bridgehead atoms. The Morgan fingerprint density at radius 2 is 1.83 bits per heavy atom. The van der Waals surface area contributed by atoms with Crippen LogP contribution in [0.5, 0.6) is 0 Å². The molecule has 7 nitrogen and oxygen atoms in total. The van der Waals surface area contributed by atoms with Gasteiger partial charge in [0.2, 0.25) is 5.95 Å². The molecule has 1 fully saturated rings. The summed E-state index contributed by atoms with van der Waals surface area (Å²) in [4.78, 5) is 18.5. The Hall–Kier alpha value is -2.77. The summed E-state index contributed by atoms with van der Waals surface area (Å²) in [5.74, 6) is 1.03. The number of pyridine rings is 1. The van der Waals surface area contributed by atoms with E-state index in [0.717, 1.165) is 49.1 Å². The number of hydrogen-bond donors (Lipinski definition) is 2. The second kappa shape index (κ2) is 8.31. The summed E-state index contributed by atoms with van der Waals surface area (Å²) < 4.78 is 0. The van der Waals surface area contributed by atoms with Crippen LogP contribution in [0.25, 0.3) is 22.3 Å². The molecule has 2 aromatic heterocycles. The molecular weight excluding hydrogens is 362 g/mol. The zero-order chi connectivity index (χ0) is 20.4. The SMILES string of the molecule is CN(C)Cc1ccccc1-c1ccc2c(N)nc(NC3CCN(C)CC3)nc2n1. The van der Waals surface area contributed by atoms with E-state index in [0.29, 0.717) is 23.5 Å². The molecule has 1 saturated heterocycles. The van der Waals surface area contributed by atoms with Crippen molar-refractivity contribution in [2.45, 2.75) is 25.4 Å². The Morgan fingerprint density at radius 3 is 2.59 bits per heavy atom. The van der Waals surface area contributed by atoms with E-state index >= 15 is 0 Å². The lowest BCUT2D eigenvalue weighted by Gasteiger charge is -2.29. The molecule has 0 spiro atoms. The van der Waals surface area contributed by atoms with Gasteiger partial charge in [-0.05, 0) is 64.8 Å². The number of hydrogen-bond acceptors (Lipinski definition) is 7. The molecule has 0 amide bonds. The first-order valence-corrected chi connectivity index (χ1v) is 10.1. The van der Waals surface area contributed by atoms with E-state index in [1.165, 1.54) is 5.56 Å². The monoisotopic (exact) mass is 391 g/mol. The van der Waals surface area contributed by atoms with Gasteiger partial charge in [0.15, 0.2) is 5.65 Å².